The summed E-state index contributed by atoms with van der Waals surface area (Å²) in [5, 5.41) is 13.6. The second-order valence-corrected chi connectivity index (χ2v) is 7.67. The molecule has 0 saturated carbocycles. The molecule has 1 aliphatic rings. The molecule has 0 bridgehead atoms. The van der Waals surface area contributed by atoms with E-state index in [0.29, 0.717) is 37.2 Å². The van der Waals surface area contributed by atoms with Crippen molar-refractivity contribution in [3.05, 3.63) is 33.9 Å². The van der Waals surface area contributed by atoms with Crippen LogP contribution in [0.1, 0.15) is 18.4 Å². The van der Waals surface area contributed by atoms with E-state index in [-0.39, 0.29) is 17.5 Å². The predicted molar refractivity (Wildman–Crippen MR) is 85.6 cm³/mol. The summed E-state index contributed by atoms with van der Waals surface area (Å²) >= 11 is 0. The maximum atomic E-state index is 12.2. The van der Waals surface area contributed by atoms with Crippen LogP contribution in [-0.2, 0) is 14.8 Å². The summed E-state index contributed by atoms with van der Waals surface area (Å²) in [6.07, 6.45) is 2.03. The van der Waals surface area contributed by atoms with Crippen LogP contribution in [0.2, 0.25) is 0 Å². The third-order valence-corrected chi connectivity index (χ3v) is 5.27. The van der Waals surface area contributed by atoms with Crippen molar-refractivity contribution in [2.45, 2.75) is 19.8 Å². The van der Waals surface area contributed by atoms with E-state index < -0.39 is 14.9 Å². The summed E-state index contributed by atoms with van der Waals surface area (Å²) in [6, 6.07) is 4.53. The van der Waals surface area contributed by atoms with E-state index in [1.54, 1.807) is 19.1 Å². The van der Waals surface area contributed by atoms with Crippen LogP contribution in [0.3, 0.4) is 0 Å². The van der Waals surface area contributed by atoms with Gasteiger partial charge in [-0.1, -0.05) is 6.07 Å². The number of nitro benzene ring substituents is 1. The van der Waals surface area contributed by atoms with Gasteiger partial charge >= 0.3 is 0 Å². The third kappa shape index (κ3) is 4.26. The van der Waals surface area contributed by atoms with Crippen LogP contribution >= 0.6 is 0 Å². The number of carbonyl (C=O) groups excluding carboxylic acids is 1. The van der Waals surface area contributed by atoms with E-state index >= 15 is 0 Å². The first kappa shape index (κ1) is 17.4. The highest BCUT2D eigenvalue weighted by atomic mass is 32.2. The molecule has 126 valence electrons. The van der Waals surface area contributed by atoms with Crippen molar-refractivity contribution in [1.29, 1.82) is 0 Å². The molecule has 9 heteroatoms. The van der Waals surface area contributed by atoms with Gasteiger partial charge in [0.05, 0.1) is 11.2 Å². The summed E-state index contributed by atoms with van der Waals surface area (Å²) in [5.41, 5.74) is 0.849. The van der Waals surface area contributed by atoms with Crippen LogP contribution in [0.4, 0.5) is 11.4 Å². The van der Waals surface area contributed by atoms with E-state index in [1.165, 1.54) is 10.4 Å². The molecule has 0 unspecified atom stereocenters. The SMILES string of the molecule is Cc1ccc(NC(=O)C2CCN(S(C)(=O)=O)CC2)cc1[N+](=O)[O-]. The topological polar surface area (TPSA) is 110 Å². The van der Waals surface area contributed by atoms with Gasteiger partial charge in [0, 0.05) is 36.3 Å². The van der Waals surface area contributed by atoms with Crippen molar-refractivity contribution >= 4 is 27.3 Å². The van der Waals surface area contributed by atoms with Gasteiger partial charge < -0.3 is 5.32 Å². The number of rotatable bonds is 4. The van der Waals surface area contributed by atoms with Crippen molar-refractivity contribution in [3.8, 4) is 0 Å². The van der Waals surface area contributed by atoms with Crippen LogP contribution in [0, 0.1) is 23.0 Å². The summed E-state index contributed by atoms with van der Waals surface area (Å²) in [4.78, 5) is 22.7. The second-order valence-electron chi connectivity index (χ2n) is 5.68. The lowest BCUT2D eigenvalue weighted by molar-refractivity contribution is -0.385. The Labute approximate surface area is 134 Å². The Hall–Kier alpha value is -2.00. The smallest absolute Gasteiger partial charge is 0.274 e. The lowest BCUT2D eigenvalue weighted by atomic mass is 9.97. The summed E-state index contributed by atoms with van der Waals surface area (Å²) in [6.45, 7) is 2.25. The third-order valence-electron chi connectivity index (χ3n) is 3.97. The van der Waals surface area contributed by atoms with Crippen molar-refractivity contribution in [2.75, 3.05) is 24.7 Å². The number of amides is 1. The number of sulfonamides is 1. The average Bonchev–Trinajstić information content (AvgIpc) is 2.48. The van der Waals surface area contributed by atoms with Crippen LogP contribution in [0.25, 0.3) is 0 Å². The summed E-state index contributed by atoms with van der Waals surface area (Å²) in [7, 11) is -3.23. The highest BCUT2D eigenvalue weighted by Gasteiger charge is 2.29. The Morgan fingerprint density at radius 2 is 1.96 bits per heavy atom. The Morgan fingerprint density at radius 1 is 1.35 bits per heavy atom. The molecule has 1 aromatic rings. The molecule has 1 fully saturated rings. The average molecular weight is 341 g/mol. The lowest BCUT2D eigenvalue weighted by Crippen LogP contribution is -2.40. The molecule has 1 aliphatic heterocycles. The first-order valence-corrected chi connectivity index (χ1v) is 9.04. The fourth-order valence-corrected chi connectivity index (χ4v) is 3.45. The van der Waals surface area contributed by atoms with Crippen LogP contribution in [0.5, 0.6) is 0 Å². The van der Waals surface area contributed by atoms with Gasteiger partial charge in [0.2, 0.25) is 15.9 Å². The van der Waals surface area contributed by atoms with Crippen LogP contribution in [-0.4, -0.2) is 42.9 Å². The number of aryl methyl sites for hydroxylation is 1. The normalized spacial score (nSPS) is 17.0. The van der Waals surface area contributed by atoms with E-state index in [2.05, 4.69) is 5.32 Å². The zero-order valence-electron chi connectivity index (χ0n) is 13.0. The Balaban J connectivity index is 2.01. The molecule has 8 nitrogen and oxygen atoms in total. The van der Waals surface area contributed by atoms with E-state index in [9.17, 15) is 23.3 Å². The van der Waals surface area contributed by atoms with Crippen LogP contribution < -0.4 is 5.32 Å². The quantitative estimate of drug-likeness (QED) is 0.659. The minimum atomic E-state index is -3.23. The number of nitrogens with one attached hydrogen (secondary N) is 1. The monoisotopic (exact) mass is 341 g/mol. The van der Waals surface area contributed by atoms with Gasteiger partial charge in [-0.15, -0.1) is 0 Å². The van der Waals surface area contributed by atoms with E-state index in [4.69, 9.17) is 0 Å². The number of piperidine rings is 1. The lowest BCUT2D eigenvalue weighted by Gasteiger charge is -2.29. The van der Waals surface area contributed by atoms with Gasteiger partial charge in [0.15, 0.2) is 0 Å². The molecule has 1 aromatic carbocycles. The van der Waals surface area contributed by atoms with Gasteiger partial charge in [0.1, 0.15) is 0 Å². The molecule has 1 N–H and O–H groups in total. The van der Waals surface area contributed by atoms with Crippen molar-refractivity contribution in [3.63, 3.8) is 0 Å². The first-order valence-electron chi connectivity index (χ1n) is 7.19. The maximum Gasteiger partial charge on any atom is 0.274 e. The molecule has 2 rings (SSSR count). The highest BCUT2D eigenvalue weighted by molar-refractivity contribution is 7.88. The molecule has 0 atom stereocenters. The predicted octanol–water partition coefficient (Wildman–Crippen LogP) is 1.51. The molecule has 1 heterocycles. The molecule has 0 aromatic heterocycles. The van der Waals surface area contributed by atoms with Crippen molar-refractivity contribution in [1.82, 2.24) is 4.31 Å². The number of nitro groups is 1. The summed E-state index contributed by atoms with van der Waals surface area (Å²) < 4.78 is 24.3. The minimum Gasteiger partial charge on any atom is -0.326 e. The first-order chi connectivity index (χ1) is 10.7. The second kappa shape index (κ2) is 6.63. The largest absolute Gasteiger partial charge is 0.326 e. The molecule has 1 amide bonds. The van der Waals surface area contributed by atoms with Gasteiger partial charge in [0.25, 0.3) is 5.69 Å². The Kier molecular flexibility index (Phi) is 5.00. The van der Waals surface area contributed by atoms with Gasteiger partial charge in [-0.25, -0.2) is 12.7 Å². The van der Waals surface area contributed by atoms with Gasteiger partial charge in [-0.3, -0.25) is 14.9 Å². The molecular formula is C14H19N3O5S. The van der Waals surface area contributed by atoms with E-state index in [0.717, 1.165) is 6.26 Å². The number of carbonyl (C=O) groups is 1. The number of benzene rings is 1. The molecular weight excluding hydrogens is 322 g/mol. The number of anilines is 1. The van der Waals surface area contributed by atoms with Gasteiger partial charge in [-0.2, -0.15) is 0 Å². The molecule has 0 radical (unpaired) electrons. The highest BCUT2D eigenvalue weighted by Crippen LogP contribution is 2.25. The zero-order chi connectivity index (χ0) is 17.2. The molecule has 0 spiro atoms. The Morgan fingerprint density at radius 3 is 2.48 bits per heavy atom. The zero-order valence-corrected chi connectivity index (χ0v) is 13.8. The minimum absolute atomic E-state index is 0.0466. The van der Waals surface area contributed by atoms with E-state index in [1.807, 2.05) is 0 Å². The van der Waals surface area contributed by atoms with Crippen molar-refractivity contribution in [2.24, 2.45) is 5.92 Å². The number of hydrogen-bond donors (Lipinski definition) is 1. The fraction of sp³-hybridized carbons (Fsp3) is 0.500. The fourth-order valence-electron chi connectivity index (χ4n) is 2.58. The molecule has 0 aliphatic carbocycles. The molecule has 1 saturated heterocycles. The standard InChI is InChI=1S/C14H19N3O5S/c1-10-3-4-12(9-13(10)17(19)20)15-14(18)11-5-7-16(8-6-11)23(2,21)22/h3-4,9,11H,5-8H2,1-2H3,(H,15,18). The Bertz CT molecular complexity index is 724. The van der Waals surface area contributed by atoms with Gasteiger partial charge in [-0.05, 0) is 25.8 Å². The number of nitrogens with zero attached hydrogens (tertiary/aromatic N) is 2. The molecule has 23 heavy (non-hydrogen) atoms. The maximum absolute atomic E-state index is 12.2. The summed E-state index contributed by atoms with van der Waals surface area (Å²) in [5.74, 6) is -0.537. The number of hydrogen-bond acceptors (Lipinski definition) is 5. The van der Waals surface area contributed by atoms with Crippen molar-refractivity contribution < 1.29 is 18.1 Å². The van der Waals surface area contributed by atoms with Crippen LogP contribution in [0.15, 0.2) is 18.2 Å².